The van der Waals surface area contributed by atoms with Crippen LogP contribution in [-0.4, -0.2) is 47.4 Å². The number of aliphatic hydroxyl groups is 2. The second-order valence-corrected chi connectivity index (χ2v) is 18.9. The third-order valence-corrected chi connectivity index (χ3v) is 12.8. The molecular formula is C55H107NO5. The maximum Gasteiger partial charge on any atom is 0.305 e. The van der Waals surface area contributed by atoms with E-state index in [-0.39, 0.29) is 18.5 Å². The van der Waals surface area contributed by atoms with E-state index in [1.54, 1.807) is 0 Å². The van der Waals surface area contributed by atoms with Crippen LogP contribution in [-0.2, 0) is 14.3 Å². The molecule has 0 aromatic carbocycles. The van der Waals surface area contributed by atoms with E-state index < -0.39 is 12.1 Å². The van der Waals surface area contributed by atoms with E-state index in [1.165, 1.54) is 225 Å². The Morgan fingerprint density at radius 2 is 0.770 bits per heavy atom. The highest BCUT2D eigenvalue weighted by molar-refractivity contribution is 5.76. The Kier molecular flexibility index (Phi) is 50.1. The highest BCUT2D eigenvalue weighted by atomic mass is 16.5. The first-order valence-electron chi connectivity index (χ1n) is 27.4. The van der Waals surface area contributed by atoms with Crippen molar-refractivity contribution in [2.45, 2.75) is 315 Å². The fourth-order valence-corrected chi connectivity index (χ4v) is 8.58. The zero-order valence-electron chi connectivity index (χ0n) is 41.2. The lowest BCUT2D eigenvalue weighted by molar-refractivity contribution is -0.143. The fourth-order valence-electron chi connectivity index (χ4n) is 8.58. The third-order valence-electron chi connectivity index (χ3n) is 12.8. The van der Waals surface area contributed by atoms with Crippen molar-refractivity contribution in [1.29, 1.82) is 0 Å². The minimum atomic E-state index is -0.667. The number of unbranched alkanes of at least 4 members (excludes halogenated alkanes) is 38. The first kappa shape index (κ1) is 59.6. The molecule has 0 rings (SSSR count). The van der Waals surface area contributed by atoms with Crippen molar-refractivity contribution in [3.8, 4) is 0 Å². The number of rotatable bonds is 51. The van der Waals surface area contributed by atoms with Crippen molar-refractivity contribution in [2.24, 2.45) is 0 Å². The molecule has 6 heteroatoms. The molecule has 0 heterocycles. The molecule has 0 fully saturated rings. The molecule has 362 valence electrons. The first-order chi connectivity index (χ1) is 30.0. The average Bonchev–Trinajstić information content (AvgIpc) is 3.26. The Bertz CT molecular complexity index is 909. The van der Waals surface area contributed by atoms with Gasteiger partial charge in [0, 0.05) is 12.8 Å². The van der Waals surface area contributed by atoms with Gasteiger partial charge >= 0.3 is 5.97 Å². The largest absolute Gasteiger partial charge is 0.466 e. The molecule has 0 aliphatic carbocycles. The highest BCUT2D eigenvalue weighted by Gasteiger charge is 2.20. The van der Waals surface area contributed by atoms with E-state index in [2.05, 4.69) is 31.3 Å². The van der Waals surface area contributed by atoms with Gasteiger partial charge in [0.2, 0.25) is 5.91 Å². The van der Waals surface area contributed by atoms with E-state index in [9.17, 15) is 19.8 Å². The highest BCUT2D eigenvalue weighted by Crippen LogP contribution is 2.17. The van der Waals surface area contributed by atoms with Crippen LogP contribution in [0.4, 0.5) is 0 Å². The number of hydrogen-bond donors (Lipinski definition) is 3. The number of allylic oxidation sites excluding steroid dienone is 2. The van der Waals surface area contributed by atoms with Crippen molar-refractivity contribution < 1.29 is 24.5 Å². The molecule has 0 saturated heterocycles. The van der Waals surface area contributed by atoms with Gasteiger partial charge in [-0.25, -0.2) is 0 Å². The summed E-state index contributed by atoms with van der Waals surface area (Å²) in [5.41, 5.74) is 0. The summed E-state index contributed by atoms with van der Waals surface area (Å²) in [6, 6.07) is -0.545. The smallest absolute Gasteiger partial charge is 0.305 e. The third kappa shape index (κ3) is 47.9. The predicted octanol–water partition coefficient (Wildman–Crippen LogP) is 16.5. The van der Waals surface area contributed by atoms with Crippen molar-refractivity contribution in [2.75, 3.05) is 13.2 Å². The van der Waals surface area contributed by atoms with Crippen LogP contribution in [0.1, 0.15) is 303 Å². The standard InChI is InChI=1S/C55H107NO5/c1-3-5-7-9-11-13-15-16-17-18-19-20-23-26-29-33-37-41-45-49-55(60)61-50-46-42-38-34-30-27-24-21-22-25-28-32-36-40-44-48-54(59)56-52(51-57)53(58)47-43-39-35-31-14-12-10-8-6-4-2/h16-17,52-53,57-58H,3-15,18-51H2,1-2H3,(H,56,59)/b17-16-. The number of carbonyl (C=O) groups is 2. The zero-order valence-corrected chi connectivity index (χ0v) is 41.2. The summed E-state index contributed by atoms with van der Waals surface area (Å²) in [7, 11) is 0. The molecule has 3 N–H and O–H groups in total. The van der Waals surface area contributed by atoms with Gasteiger partial charge in [0.1, 0.15) is 0 Å². The van der Waals surface area contributed by atoms with Gasteiger partial charge in [-0.2, -0.15) is 0 Å². The molecular weight excluding hydrogens is 755 g/mol. The molecule has 6 nitrogen and oxygen atoms in total. The van der Waals surface area contributed by atoms with Crippen LogP contribution in [0.2, 0.25) is 0 Å². The van der Waals surface area contributed by atoms with E-state index in [1.807, 2.05) is 0 Å². The molecule has 2 atom stereocenters. The number of esters is 1. The molecule has 61 heavy (non-hydrogen) atoms. The van der Waals surface area contributed by atoms with Gasteiger partial charge in [-0.3, -0.25) is 9.59 Å². The Labute approximate surface area is 380 Å². The summed E-state index contributed by atoms with van der Waals surface area (Å²) in [5.74, 6) is -0.0440. The SMILES string of the molecule is CCCCCCCC/C=C\CCCCCCCCCCCC(=O)OCCCCCCCCCCCCCCCCCC(=O)NC(CO)C(O)CCCCCCCCCCCC. The van der Waals surface area contributed by atoms with Crippen molar-refractivity contribution in [3.05, 3.63) is 12.2 Å². The van der Waals surface area contributed by atoms with Gasteiger partial charge in [-0.05, 0) is 51.4 Å². The Balaban J connectivity index is 3.38. The van der Waals surface area contributed by atoms with E-state index >= 15 is 0 Å². The molecule has 0 spiro atoms. The van der Waals surface area contributed by atoms with Crippen LogP contribution in [0, 0.1) is 0 Å². The topological polar surface area (TPSA) is 95.9 Å². The molecule has 0 aliphatic rings. The normalized spacial score (nSPS) is 12.7. The summed E-state index contributed by atoms with van der Waals surface area (Å²) in [4.78, 5) is 24.5. The van der Waals surface area contributed by atoms with Crippen LogP contribution in [0.5, 0.6) is 0 Å². The van der Waals surface area contributed by atoms with Crippen LogP contribution >= 0.6 is 0 Å². The van der Waals surface area contributed by atoms with Gasteiger partial charge in [0.15, 0.2) is 0 Å². The van der Waals surface area contributed by atoms with Crippen molar-refractivity contribution in [1.82, 2.24) is 5.32 Å². The number of aliphatic hydroxyl groups excluding tert-OH is 2. The maximum atomic E-state index is 12.4. The maximum absolute atomic E-state index is 12.4. The summed E-state index contributed by atoms with van der Waals surface area (Å²) in [6.45, 7) is 4.93. The van der Waals surface area contributed by atoms with Crippen LogP contribution in [0.25, 0.3) is 0 Å². The molecule has 0 radical (unpaired) electrons. The minimum Gasteiger partial charge on any atom is -0.466 e. The summed E-state index contributed by atoms with van der Waals surface area (Å²) in [6.07, 6.45) is 59.1. The van der Waals surface area contributed by atoms with E-state index in [0.717, 1.165) is 44.9 Å². The second kappa shape index (κ2) is 51.2. The van der Waals surface area contributed by atoms with Gasteiger partial charge in [-0.15, -0.1) is 0 Å². The molecule has 0 aliphatic heterocycles. The van der Waals surface area contributed by atoms with Crippen LogP contribution in [0.3, 0.4) is 0 Å². The molecule has 0 aromatic rings. The second-order valence-electron chi connectivity index (χ2n) is 18.9. The van der Waals surface area contributed by atoms with Crippen LogP contribution < -0.4 is 5.32 Å². The fraction of sp³-hybridized carbons (Fsp3) is 0.927. The number of carbonyl (C=O) groups excluding carboxylic acids is 2. The van der Waals surface area contributed by atoms with Gasteiger partial charge in [-0.1, -0.05) is 251 Å². The molecule has 1 amide bonds. The monoisotopic (exact) mass is 862 g/mol. The lowest BCUT2D eigenvalue weighted by Crippen LogP contribution is -2.45. The van der Waals surface area contributed by atoms with Gasteiger partial charge in [0.05, 0.1) is 25.4 Å². The number of hydrogen-bond acceptors (Lipinski definition) is 5. The number of amides is 1. The Morgan fingerprint density at radius 3 is 1.16 bits per heavy atom. The average molecular weight is 862 g/mol. The molecule has 0 aromatic heterocycles. The summed E-state index contributed by atoms with van der Waals surface area (Å²) >= 11 is 0. The van der Waals surface area contributed by atoms with E-state index in [4.69, 9.17) is 4.74 Å². The zero-order chi connectivity index (χ0) is 44.4. The lowest BCUT2D eigenvalue weighted by Gasteiger charge is -2.22. The lowest BCUT2D eigenvalue weighted by atomic mass is 10.0. The molecule has 0 saturated carbocycles. The Hall–Kier alpha value is -1.40. The first-order valence-corrected chi connectivity index (χ1v) is 27.4. The van der Waals surface area contributed by atoms with Gasteiger partial charge < -0.3 is 20.3 Å². The number of nitrogens with one attached hydrogen (secondary N) is 1. The summed E-state index contributed by atoms with van der Waals surface area (Å²) < 4.78 is 5.48. The summed E-state index contributed by atoms with van der Waals surface area (Å²) in [5, 5.41) is 23.1. The Morgan fingerprint density at radius 1 is 0.443 bits per heavy atom. The van der Waals surface area contributed by atoms with Gasteiger partial charge in [0.25, 0.3) is 0 Å². The van der Waals surface area contributed by atoms with Crippen LogP contribution in [0.15, 0.2) is 12.2 Å². The molecule has 2 unspecified atom stereocenters. The van der Waals surface area contributed by atoms with Crippen molar-refractivity contribution >= 4 is 11.9 Å². The predicted molar refractivity (Wildman–Crippen MR) is 264 cm³/mol. The van der Waals surface area contributed by atoms with E-state index in [0.29, 0.717) is 25.9 Å². The quantitative estimate of drug-likeness (QED) is 0.0322. The number of ether oxygens (including phenoxy) is 1. The molecule has 0 bridgehead atoms. The minimum absolute atomic E-state index is 0.000410. The van der Waals surface area contributed by atoms with Crippen molar-refractivity contribution in [3.63, 3.8) is 0 Å².